The maximum atomic E-state index is 13.0. The van der Waals surface area contributed by atoms with E-state index in [1.54, 1.807) is 12.1 Å². The lowest BCUT2D eigenvalue weighted by atomic mass is 10.1. The number of benzene rings is 2. The molecule has 0 aliphatic heterocycles. The van der Waals surface area contributed by atoms with E-state index < -0.39 is 0 Å². The summed E-state index contributed by atoms with van der Waals surface area (Å²) in [7, 11) is 0. The average molecular weight is 312 g/mol. The third-order valence-corrected chi connectivity index (χ3v) is 4.19. The van der Waals surface area contributed by atoms with E-state index in [2.05, 4.69) is 0 Å². The van der Waals surface area contributed by atoms with Crippen LogP contribution in [0.15, 0.2) is 48.5 Å². The van der Waals surface area contributed by atoms with Crippen LogP contribution in [0.3, 0.4) is 0 Å². The van der Waals surface area contributed by atoms with Crippen molar-refractivity contribution < 1.29 is 9.18 Å². The van der Waals surface area contributed by atoms with E-state index >= 15 is 0 Å². The Labute approximate surface area is 135 Å². The van der Waals surface area contributed by atoms with Crippen LogP contribution in [0.5, 0.6) is 0 Å². The molecule has 0 heterocycles. The summed E-state index contributed by atoms with van der Waals surface area (Å²) >= 11 is 0. The normalized spacial score (nSPS) is 13.8. The molecule has 0 atom stereocenters. The molecule has 1 aliphatic rings. The molecular weight excluding hydrogens is 291 g/mol. The maximum Gasteiger partial charge on any atom is 0.254 e. The molecule has 0 unspecified atom stereocenters. The fourth-order valence-electron chi connectivity index (χ4n) is 2.61. The van der Waals surface area contributed by atoms with E-state index in [1.807, 2.05) is 29.2 Å². The average Bonchev–Trinajstić information content (AvgIpc) is 3.40. The van der Waals surface area contributed by atoms with Crippen LogP contribution in [0.2, 0.25) is 0 Å². The van der Waals surface area contributed by atoms with Gasteiger partial charge in [-0.05, 0) is 54.2 Å². The van der Waals surface area contributed by atoms with Gasteiger partial charge in [-0.1, -0.05) is 24.3 Å². The molecule has 0 bridgehead atoms. The van der Waals surface area contributed by atoms with E-state index in [0.717, 1.165) is 17.7 Å². The van der Waals surface area contributed by atoms with Gasteiger partial charge in [-0.3, -0.25) is 4.79 Å². The van der Waals surface area contributed by atoms with Crippen LogP contribution in [-0.4, -0.2) is 17.4 Å². The largest absolute Gasteiger partial charge is 0.334 e. The summed E-state index contributed by atoms with van der Waals surface area (Å²) in [6.45, 7) is 1.74. The number of hydrogen-bond donors (Lipinski definition) is 1. The Morgan fingerprint density at radius 3 is 2.22 bits per heavy atom. The molecule has 3 rings (SSSR count). The number of amides is 1. The quantitative estimate of drug-likeness (QED) is 0.889. The molecule has 0 saturated heterocycles. The zero-order valence-corrected chi connectivity index (χ0v) is 13.0. The SMILES string of the molecule is NCc1ccc(C(=O)N(Cc2ccc(F)cc2)CC2CC2)cc1. The van der Waals surface area contributed by atoms with Gasteiger partial charge in [0.25, 0.3) is 5.91 Å². The van der Waals surface area contributed by atoms with Crippen LogP contribution >= 0.6 is 0 Å². The highest BCUT2D eigenvalue weighted by molar-refractivity contribution is 5.94. The fraction of sp³-hybridized carbons (Fsp3) is 0.316. The summed E-state index contributed by atoms with van der Waals surface area (Å²) in [5.74, 6) is 0.360. The van der Waals surface area contributed by atoms with Gasteiger partial charge in [0.05, 0.1) is 0 Å². The number of carbonyl (C=O) groups excluding carboxylic acids is 1. The summed E-state index contributed by atoms with van der Waals surface area (Å²) in [6, 6.07) is 13.8. The standard InChI is InChI=1S/C19H21FN2O/c20-18-9-5-16(6-10-18)13-22(12-15-1-2-15)19(23)17-7-3-14(11-21)4-8-17/h3-10,15H,1-2,11-13,21H2. The molecule has 1 saturated carbocycles. The third-order valence-electron chi connectivity index (χ3n) is 4.19. The smallest absolute Gasteiger partial charge is 0.254 e. The van der Waals surface area contributed by atoms with Crippen molar-refractivity contribution in [3.05, 3.63) is 71.0 Å². The zero-order chi connectivity index (χ0) is 16.2. The fourth-order valence-corrected chi connectivity index (χ4v) is 2.61. The molecule has 4 heteroatoms. The molecule has 0 spiro atoms. The second-order valence-electron chi connectivity index (χ2n) is 6.16. The molecule has 0 aromatic heterocycles. The molecular formula is C19H21FN2O. The Kier molecular flexibility index (Phi) is 4.72. The van der Waals surface area contributed by atoms with Crippen molar-refractivity contribution in [2.45, 2.75) is 25.9 Å². The minimum atomic E-state index is -0.258. The van der Waals surface area contributed by atoms with Crippen LogP contribution in [0.4, 0.5) is 4.39 Å². The zero-order valence-electron chi connectivity index (χ0n) is 13.0. The van der Waals surface area contributed by atoms with Crippen molar-refractivity contribution in [2.75, 3.05) is 6.54 Å². The van der Waals surface area contributed by atoms with Crippen LogP contribution in [0, 0.1) is 11.7 Å². The van der Waals surface area contributed by atoms with Gasteiger partial charge in [0.15, 0.2) is 0 Å². The summed E-state index contributed by atoms with van der Waals surface area (Å²) in [6.07, 6.45) is 2.36. The minimum absolute atomic E-state index is 0.0183. The first-order valence-corrected chi connectivity index (χ1v) is 7.98. The number of halogens is 1. The first-order valence-electron chi connectivity index (χ1n) is 7.98. The Bertz CT molecular complexity index is 663. The molecule has 3 nitrogen and oxygen atoms in total. The monoisotopic (exact) mass is 312 g/mol. The van der Waals surface area contributed by atoms with Crippen molar-refractivity contribution in [3.8, 4) is 0 Å². The maximum absolute atomic E-state index is 13.0. The Balaban J connectivity index is 1.76. The molecule has 2 aromatic carbocycles. The topological polar surface area (TPSA) is 46.3 Å². The number of rotatable bonds is 6. The lowest BCUT2D eigenvalue weighted by Gasteiger charge is -2.23. The van der Waals surface area contributed by atoms with E-state index in [9.17, 15) is 9.18 Å². The van der Waals surface area contributed by atoms with Crippen molar-refractivity contribution in [3.63, 3.8) is 0 Å². The third kappa shape index (κ3) is 4.17. The van der Waals surface area contributed by atoms with Crippen LogP contribution in [0.25, 0.3) is 0 Å². The van der Waals surface area contributed by atoms with E-state index in [1.165, 1.54) is 25.0 Å². The number of carbonyl (C=O) groups is 1. The molecule has 23 heavy (non-hydrogen) atoms. The van der Waals surface area contributed by atoms with Gasteiger partial charge in [0.1, 0.15) is 5.82 Å². The molecule has 120 valence electrons. The molecule has 1 amide bonds. The van der Waals surface area contributed by atoms with Crippen LogP contribution in [-0.2, 0) is 13.1 Å². The van der Waals surface area contributed by atoms with Crippen LogP contribution < -0.4 is 5.73 Å². The van der Waals surface area contributed by atoms with E-state index in [4.69, 9.17) is 5.73 Å². The Hall–Kier alpha value is -2.20. The summed E-state index contributed by atoms with van der Waals surface area (Å²) in [5.41, 5.74) is 8.22. The molecule has 2 aromatic rings. The van der Waals surface area contributed by atoms with Gasteiger partial charge in [0.2, 0.25) is 0 Å². The highest BCUT2D eigenvalue weighted by Gasteiger charge is 2.27. The Morgan fingerprint density at radius 2 is 1.65 bits per heavy atom. The Morgan fingerprint density at radius 1 is 1.04 bits per heavy atom. The van der Waals surface area contributed by atoms with Gasteiger partial charge in [0, 0.05) is 25.2 Å². The number of nitrogens with two attached hydrogens (primary N) is 1. The summed E-state index contributed by atoms with van der Waals surface area (Å²) in [4.78, 5) is 14.7. The van der Waals surface area contributed by atoms with Crippen LogP contribution in [0.1, 0.15) is 34.3 Å². The predicted molar refractivity (Wildman–Crippen MR) is 88.2 cm³/mol. The van der Waals surface area contributed by atoms with Gasteiger partial charge < -0.3 is 10.6 Å². The lowest BCUT2D eigenvalue weighted by molar-refractivity contribution is 0.0735. The predicted octanol–water partition coefficient (Wildman–Crippen LogP) is 3.34. The van der Waals surface area contributed by atoms with Gasteiger partial charge >= 0.3 is 0 Å². The van der Waals surface area contributed by atoms with Gasteiger partial charge in [-0.25, -0.2) is 4.39 Å². The molecule has 1 fully saturated rings. The number of nitrogens with zero attached hydrogens (tertiary/aromatic N) is 1. The summed E-state index contributed by atoms with van der Waals surface area (Å²) < 4.78 is 13.0. The van der Waals surface area contributed by atoms with Crippen molar-refractivity contribution in [1.82, 2.24) is 4.90 Å². The molecule has 0 radical (unpaired) electrons. The van der Waals surface area contributed by atoms with E-state index in [0.29, 0.717) is 24.6 Å². The second kappa shape index (κ2) is 6.92. The van der Waals surface area contributed by atoms with Crippen molar-refractivity contribution in [2.24, 2.45) is 11.7 Å². The first kappa shape index (κ1) is 15.7. The lowest BCUT2D eigenvalue weighted by Crippen LogP contribution is -2.32. The summed E-state index contributed by atoms with van der Waals surface area (Å²) in [5, 5.41) is 0. The van der Waals surface area contributed by atoms with Gasteiger partial charge in [-0.2, -0.15) is 0 Å². The molecule has 2 N–H and O–H groups in total. The first-order chi connectivity index (χ1) is 11.2. The van der Waals surface area contributed by atoms with Gasteiger partial charge in [-0.15, -0.1) is 0 Å². The van der Waals surface area contributed by atoms with E-state index in [-0.39, 0.29) is 11.7 Å². The highest BCUT2D eigenvalue weighted by Crippen LogP contribution is 2.30. The minimum Gasteiger partial charge on any atom is -0.334 e. The number of hydrogen-bond acceptors (Lipinski definition) is 2. The second-order valence-corrected chi connectivity index (χ2v) is 6.16. The van der Waals surface area contributed by atoms with Crippen molar-refractivity contribution in [1.29, 1.82) is 0 Å². The van der Waals surface area contributed by atoms with Crippen molar-refractivity contribution >= 4 is 5.91 Å². The molecule has 1 aliphatic carbocycles. The highest BCUT2D eigenvalue weighted by atomic mass is 19.1.